The van der Waals surface area contributed by atoms with Crippen LogP contribution in [0.4, 0.5) is 0 Å². The maximum atomic E-state index is 12.1. The third kappa shape index (κ3) is 3.83. The van der Waals surface area contributed by atoms with Gasteiger partial charge in [-0.3, -0.25) is 14.3 Å². The van der Waals surface area contributed by atoms with Gasteiger partial charge >= 0.3 is 5.97 Å². The molecule has 0 aliphatic heterocycles. The average molecular weight is 293 g/mol. The summed E-state index contributed by atoms with van der Waals surface area (Å²) in [4.78, 5) is 23.8. The Morgan fingerprint density at radius 2 is 2.00 bits per heavy atom. The molecule has 0 saturated heterocycles. The highest BCUT2D eigenvalue weighted by Gasteiger charge is 2.40. The molecule has 0 spiro atoms. The normalized spacial score (nSPS) is 18.0. The standard InChI is InChI=1S/C15H23N3O3/c1-18-12(6-9-17-18)11-16-13(19)10-15(14(20)21)7-4-2-3-5-8-15/h6,9H,2-5,7-8,10-11H2,1H3,(H,16,19)(H,20,21). The first kappa shape index (κ1) is 15.5. The molecule has 6 heteroatoms. The number of aliphatic carboxylic acids is 1. The lowest BCUT2D eigenvalue weighted by Crippen LogP contribution is -2.37. The largest absolute Gasteiger partial charge is 0.481 e. The molecule has 2 N–H and O–H groups in total. The van der Waals surface area contributed by atoms with Crippen molar-refractivity contribution in [1.29, 1.82) is 0 Å². The van der Waals surface area contributed by atoms with Gasteiger partial charge in [0.2, 0.25) is 5.91 Å². The fraction of sp³-hybridized carbons (Fsp3) is 0.667. The van der Waals surface area contributed by atoms with Crippen molar-refractivity contribution in [3.05, 3.63) is 18.0 Å². The maximum Gasteiger partial charge on any atom is 0.310 e. The zero-order chi connectivity index (χ0) is 15.3. The minimum absolute atomic E-state index is 0.0696. The summed E-state index contributed by atoms with van der Waals surface area (Å²) in [6.07, 6.45) is 6.84. The van der Waals surface area contributed by atoms with Gasteiger partial charge in [-0.25, -0.2) is 0 Å². The van der Waals surface area contributed by atoms with Gasteiger partial charge in [0.25, 0.3) is 0 Å². The van der Waals surface area contributed by atoms with Crippen LogP contribution < -0.4 is 5.32 Å². The second-order valence-corrected chi connectivity index (χ2v) is 5.90. The molecule has 0 atom stereocenters. The molecule has 0 unspecified atom stereocenters. The van der Waals surface area contributed by atoms with E-state index in [1.54, 1.807) is 10.9 Å². The van der Waals surface area contributed by atoms with E-state index in [1.165, 1.54) is 0 Å². The van der Waals surface area contributed by atoms with Crippen LogP contribution in [0.2, 0.25) is 0 Å². The summed E-state index contributed by atoms with van der Waals surface area (Å²) in [5, 5.41) is 16.4. The Morgan fingerprint density at radius 1 is 1.33 bits per heavy atom. The first-order valence-corrected chi connectivity index (χ1v) is 7.50. The molecule has 0 bridgehead atoms. The van der Waals surface area contributed by atoms with Crippen molar-refractivity contribution in [2.24, 2.45) is 12.5 Å². The van der Waals surface area contributed by atoms with Crippen molar-refractivity contribution in [2.75, 3.05) is 0 Å². The molecular formula is C15H23N3O3. The van der Waals surface area contributed by atoms with E-state index in [1.807, 2.05) is 13.1 Å². The van der Waals surface area contributed by atoms with Crippen LogP contribution in [0.25, 0.3) is 0 Å². The number of nitrogens with zero attached hydrogens (tertiary/aromatic N) is 2. The molecule has 1 heterocycles. The molecule has 2 rings (SSSR count). The van der Waals surface area contributed by atoms with Crippen LogP contribution in [-0.2, 0) is 23.2 Å². The Morgan fingerprint density at radius 3 is 2.52 bits per heavy atom. The predicted molar refractivity (Wildman–Crippen MR) is 77.4 cm³/mol. The number of carboxylic acid groups (broad SMARTS) is 1. The van der Waals surface area contributed by atoms with Gasteiger partial charge < -0.3 is 10.4 Å². The van der Waals surface area contributed by atoms with Gasteiger partial charge in [0.15, 0.2) is 0 Å². The summed E-state index contributed by atoms with van der Waals surface area (Å²) in [5.74, 6) is -1.03. The Labute approximate surface area is 124 Å². The van der Waals surface area contributed by atoms with Crippen LogP contribution in [0.15, 0.2) is 12.3 Å². The van der Waals surface area contributed by atoms with Crippen molar-refractivity contribution in [3.63, 3.8) is 0 Å². The molecule has 1 amide bonds. The molecule has 0 radical (unpaired) electrons. The van der Waals surface area contributed by atoms with E-state index in [4.69, 9.17) is 0 Å². The lowest BCUT2D eigenvalue weighted by atomic mass is 9.77. The van der Waals surface area contributed by atoms with Crippen LogP contribution >= 0.6 is 0 Å². The summed E-state index contributed by atoms with van der Waals surface area (Å²) in [6.45, 7) is 0.380. The minimum Gasteiger partial charge on any atom is -0.481 e. The van der Waals surface area contributed by atoms with E-state index < -0.39 is 11.4 Å². The number of aromatic nitrogens is 2. The summed E-state index contributed by atoms with van der Waals surface area (Å²) in [7, 11) is 1.81. The summed E-state index contributed by atoms with van der Waals surface area (Å²) < 4.78 is 1.69. The second-order valence-electron chi connectivity index (χ2n) is 5.90. The van der Waals surface area contributed by atoms with Crippen molar-refractivity contribution >= 4 is 11.9 Å². The molecule has 1 aromatic heterocycles. The number of hydrogen-bond acceptors (Lipinski definition) is 3. The van der Waals surface area contributed by atoms with Crippen LogP contribution in [0.5, 0.6) is 0 Å². The van der Waals surface area contributed by atoms with E-state index in [9.17, 15) is 14.7 Å². The third-order valence-corrected chi connectivity index (χ3v) is 4.40. The Bertz CT molecular complexity index is 502. The number of carbonyl (C=O) groups excluding carboxylic acids is 1. The Balaban J connectivity index is 1.95. The first-order chi connectivity index (χ1) is 10.0. The molecule has 116 valence electrons. The van der Waals surface area contributed by atoms with Crippen molar-refractivity contribution in [3.8, 4) is 0 Å². The number of aryl methyl sites for hydroxylation is 1. The molecule has 1 aliphatic rings. The van der Waals surface area contributed by atoms with E-state index in [2.05, 4.69) is 10.4 Å². The van der Waals surface area contributed by atoms with Crippen LogP contribution in [0.1, 0.15) is 50.6 Å². The van der Waals surface area contributed by atoms with Crippen LogP contribution in [0, 0.1) is 5.41 Å². The molecule has 1 saturated carbocycles. The van der Waals surface area contributed by atoms with Gasteiger partial charge in [0.05, 0.1) is 17.7 Å². The number of carboxylic acids is 1. The van der Waals surface area contributed by atoms with Crippen LogP contribution in [0.3, 0.4) is 0 Å². The fourth-order valence-electron chi connectivity index (χ4n) is 3.01. The van der Waals surface area contributed by atoms with Gasteiger partial charge in [-0.05, 0) is 18.9 Å². The molecule has 6 nitrogen and oxygen atoms in total. The lowest BCUT2D eigenvalue weighted by molar-refractivity contribution is -0.152. The number of rotatable bonds is 5. The van der Waals surface area contributed by atoms with Crippen LogP contribution in [-0.4, -0.2) is 26.8 Å². The summed E-state index contributed by atoms with van der Waals surface area (Å²) in [6, 6.07) is 1.83. The number of carbonyl (C=O) groups is 2. The topological polar surface area (TPSA) is 84.2 Å². The SMILES string of the molecule is Cn1nccc1CNC(=O)CC1(C(=O)O)CCCCCC1. The lowest BCUT2D eigenvalue weighted by Gasteiger charge is -2.27. The van der Waals surface area contributed by atoms with E-state index in [-0.39, 0.29) is 12.3 Å². The predicted octanol–water partition coefficient (Wildman–Crippen LogP) is 1.85. The molecule has 1 fully saturated rings. The average Bonchev–Trinajstić information content (AvgIpc) is 2.70. The summed E-state index contributed by atoms with van der Waals surface area (Å²) in [5.41, 5.74) is 0.0149. The fourth-order valence-corrected chi connectivity index (χ4v) is 3.01. The van der Waals surface area contributed by atoms with Crippen molar-refractivity contribution in [1.82, 2.24) is 15.1 Å². The second kappa shape index (κ2) is 6.74. The van der Waals surface area contributed by atoms with Gasteiger partial charge in [-0.15, -0.1) is 0 Å². The third-order valence-electron chi connectivity index (χ3n) is 4.40. The minimum atomic E-state index is -0.882. The highest BCUT2D eigenvalue weighted by atomic mass is 16.4. The molecular weight excluding hydrogens is 270 g/mol. The first-order valence-electron chi connectivity index (χ1n) is 7.50. The molecule has 21 heavy (non-hydrogen) atoms. The van der Waals surface area contributed by atoms with E-state index in [0.717, 1.165) is 31.4 Å². The maximum absolute atomic E-state index is 12.1. The highest BCUT2D eigenvalue weighted by molar-refractivity contribution is 5.85. The van der Waals surface area contributed by atoms with Gasteiger partial charge in [-0.2, -0.15) is 5.10 Å². The highest BCUT2D eigenvalue weighted by Crippen LogP contribution is 2.38. The van der Waals surface area contributed by atoms with Gasteiger partial charge in [0.1, 0.15) is 0 Å². The Hall–Kier alpha value is -1.85. The monoisotopic (exact) mass is 293 g/mol. The van der Waals surface area contributed by atoms with Gasteiger partial charge in [-0.1, -0.05) is 25.7 Å². The van der Waals surface area contributed by atoms with E-state index >= 15 is 0 Å². The molecule has 1 aliphatic carbocycles. The number of hydrogen-bond donors (Lipinski definition) is 2. The zero-order valence-corrected chi connectivity index (χ0v) is 12.5. The molecule has 0 aromatic carbocycles. The molecule has 1 aromatic rings. The quantitative estimate of drug-likeness (QED) is 0.811. The zero-order valence-electron chi connectivity index (χ0n) is 12.5. The Kier molecular flexibility index (Phi) is 4.98. The van der Waals surface area contributed by atoms with Crippen molar-refractivity contribution < 1.29 is 14.7 Å². The van der Waals surface area contributed by atoms with E-state index in [0.29, 0.717) is 19.4 Å². The smallest absolute Gasteiger partial charge is 0.310 e. The number of amides is 1. The van der Waals surface area contributed by atoms with Gasteiger partial charge in [0, 0.05) is 19.7 Å². The van der Waals surface area contributed by atoms with Crippen molar-refractivity contribution in [2.45, 2.75) is 51.5 Å². The number of nitrogens with one attached hydrogen (secondary N) is 1. The summed E-state index contributed by atoms with van der Waals surface area (Å²) >= 11 is 0.